The topological polar surface area (TPSA) is 225 Å². The third-order valence-electron chi connectivity index (χ3n) is 14.3. The molecule has 6 N–H and O–H groups in total. The molecule has 90 heavy (non-hydrogen) atoms. The summed E-state index contributed by atoms with van der Waals surface area (Å²) >= 11 is 0. The molecule has 1 aliphatic rings. The van der Waals surface area contributed by atoms with E-state index in [0.29, 0.717) is 112 Å². The predicted octanol–water partition coefficient (Wildman–Crippen LogP) is 13.6. The molecule has 0 aliphatic carbocycles. The quantitative estimate of drug-likeness (QED) is 0.0414. The third-order valence-corrected chi connectivity index (χ3v) is 14.3. The van der Waals surface area contributed by atoms with Gasteiger partial charge in [-0.25, -0.2) is 39.9 Å². The molecule has 11 rings (SSSR count). The van der Waals surface area contributed by atoms with Gasteiger partial charge in [0.05, 0.1) is 35.2 Å². The Morgan fingerprint density at radius 2 is 1.13 bits per heavy atom. The molecule has 1 unspecified atom stereocenters. The smallest absolute Gasteiger partial charge is 0.371 e. The molecular formula is C65H56F6N16O3. The van der Waals surface area contributed by atoms with Gasteiger partial charge in [0.2, 0.25) is 0 Å². The molecule has 0 radical (unpaired) electrons. The highest BCUT2D eigenvalue weighted by molar-refractivity contribution is 6.05. The van der Waals surface area contributed by atoms with Crippen LogP contribution in [0.3, 0.4) is 0 Å². The lowest BCUT2D eigenvalue weighted by Crippen LogP contribution is -2.38. The second-order valence-electron chi connectivity index (χ2n) is 21.2. The molecule has 6 aromatic heterocycles. The van der Waals surface area contributed by atoms with Crippen LogP contribution in [0.5, 0.6) is 0 Å². The number of carbonyl (C=O) groups excluding carboxylic acids is 2. The van der Waals surface area contributed by atoms with Crippen molar-refractivity contribution in [2.75, 3.05) is 65.7 Å². The van der Waals surface area contributed by atoms with Crippen molar-refractivity contribution < 1.29 is 40.7 Å². The van der Waals surface area contributed by atoms with E-state index in [1.807, 2.05) is 62.3 Å². The van der Waals surface area contributed by atoms with Gasteiger partial charge in [0, 0.05) is 114 Å². The van der Waals surface area contributed by atoms with Gasteiger partial charge in [-0.1, -0.05) is 30.3 Å². The number of pyridine rings is 4. The fraction of sp³-hybridized carbons (Fsp3) is 0.169. The highest BCUT2D eigenvalue weighted by Crippen LogP contribution is 2.38. The Morgan fingerprint density at radius 1 is 0.556 bits per heavy atom. The van der Waals surface area contributed by atoms with Crippen LogP contribution in [0.4, 0.5) is 84.0 Å². The molecule has 19 nitrogen and oxygen atoms in total. The molecule has 25 heteroatoms. The van der Waals surface area contributed by atoms with Crippen molar-refractivity contribution in [2.24, 2.45) is 0 Å². The summed E-state index contributed by atoms with van der Waals surface area (Å²) in [5.74, 6) is 1.38. The first-order valence-electron chi connectivity index (χ1n) is 28.1. The van der Waals surface area contributed by atoms with Crippen molar-refractivity contribution in [3.05, 3.63) is 228 Å². The number of rotatable bonds is 19. The lowest BCUT2D eigenvalue weighted by Gasteiger charge is -2.34. The number of carbonyl (C=O) groups is 2. The highest BCUT2D eigenvalue weighted by Gasteiger charge is 2.33. The first-order chi connectivity index (χ1) is 43.3. The van der Waals surface area contributed by atoms with Crippen LogP contribution in [-0.4, -0.2) is 95.3 Å². The van der Waals surface area contributed by atoms with Crippen molar-refractivity contribution in [1.29, 1.82) is 0 Å². The summed E-state index contributed by atoms with van der Waals surface area (Å²) in [6.07, 6.45) is -0.232. The van der Waals surface area contributed by atoms with Crippen LogP contribution in [0, 0.1) is 6.92 Å². The normalized spacial score (nSPS) is 13.6. The predicted molar refractivity (Wildman–Crippen MR) is 330 cm³/mol. The SMILES string of the molecule is Cc1ccc(NC(=O)c2cccc(C(F)(F)F)c2)cc1Nc1ncccc1-c1cc(Nc2cc(CN3CCOC(c4ccc(NC(=O)c5cccc(C(F)(F)F)c5)cc4Nc4ncccc4-c4cc(Nc5ccc(CN(C)C)cn5)ncn4)C3)ccn2)ncn1. The maximum atomic E-state index is 13.7. The Kier molecular flexibility index (Phi) is 18.1. The minimum Gasteiger partial charge on any atom is -0.371 e. The number of morpholine rings is 1. The van der Waals surface area contributed by atoms with Gasteiger partial charge in [0.1, 0.15) is 47.6 Å². The van der Waals surface area contributed by atoms with Crippen molar-refractivity contribution >= 4 is 69.5 Å². The molecule has 0 saturated carbocycles. The van der Waals surface area contributed by atoms with Gasteiger partial charge in [-0.15, -0.1) is 0 Å². The fourth-order valence-corrected chi connectivity index (χ4v) is 9.91. The molecule has 1 saturated heterocycles. The number of amides is 2. The molecule has 456 valence electrons. The maximum Gasteiger partial charge on any atom is 0.416 e. The van der Waals surface area contributed by atoms with Crippen LogP contribution in [0.2, 0.25) is 0 Å². The Hall–Kier alpha value is -10.8. The number of benzene rings is 4. The standard InChI is InChI=1S/C65H56F6N16O3/c1-39-14-16-46(80-62(88)42-8-4-10-44(27-42)64(66,67)68)29-51(39)82-60-49(12-6-21-73-60)53-32-59(79-38-77-53)85-57-26-40(20-23-72-57)35-87-24-25-90-55(36-87)48-18-17-47(81-63(89)43-9-5-11-45(28-43)65(69,70)71)30-54(48)83-61-50(13-7-22-74-61)52-31-58(78-37-76-52)84-56-19-15-41(33-75-56)34-86(2)3/h4-23,26-33,37-38,55H,24-25,34-36H2,1-3H3,(H,73,82)(H,74,83)(H,80,88)(H,81,89)(H,72,77,79,85)(H,75,76,78,84). The van der Waals surface area contributed by atoms with E-state index in [9.17, 15) is 35.9 Å². The monoisotopic (exact) mass is 1220 g/mol. The molecule has 1 atom stereocenters. The lowest BCUT2D eigenvalue weighted by atomic mass is 10.0. The Morgan fingerprint density at radius 3 is 1.72 bits per heavy atom. The molecule has 4 aromatic carbocycles. The lowest BCUT2D eigenvalue weighted by molar-refractivity contribution is -0.138. The van der Waals surface area contributed by atoms with Crippen molar-refractivity contribution in [3.8, 4) is 22.5 Å². The molecule has 0 bridgehead atoms. The molecule has 1 fully saturated rings. The molecule has 10 aromatic rings. The average Bonchev–Trinajstić information content (AvgIpc) is 0.940. The van der Waals surface area contributed by atoms with Crippen LogP contribution < -0.4 is 31.9 Å². The fourth-order valence-electron chi connectivity index (χ4n) is 9.91. The van der Waals surface area contributed by atoms with Gasteiger partial charge in [-0.2, -0.15) is 26.3 Å². The van der Waals surface area contributed by atoms with Gasteiger partial charge < -0.3 is 41.5 Å². The van der Waals surface area contributed by atoms with E-state index in [1.54, 1.807) is 85.5 Å². The maximum absolute atomic E-state index is 13.7. The number of anilines is 10. The summed E-state index contributed by atoms with van der Waals surface area (Å²) in [7, 11) is 3.97. The summed E-state index contributed by atoms with van der Waals surface area (Å²) in [6, 6.07) is 37.0. The van der Waals surface area contributed by atoms with E-state index in [1.165, 1.54) is 36.9 Å². The van der Waals surface area contributed by atoms with Gasteiger partial charge in [-0.3, -0.25) is 14.5 Å². The van der Waals surface area contributed by atoms with Crippen molar-refractivity contribution in [2.45, 2.75) is 38.5 Å². The van der Waals surface area contributed by atoms with Crippen LogP contribution in [0.15, 0.2) is 183 Å². The minimum atomic E-state index is -4.65. The van der Waals surface area contributed by atoms with E-state index in [0.717, 1.165) is 47.5 Å². The third kappa shape index (κ3) is 15.3. The van der Waals surface area contributed by atoms with Crippen molar-refractivity contribution in [3.63, 3.8) is 0 Å². The summed E-state index contributed by atoms with van der Waals surface area (Å²) in [5.41, 5.74) is 5.21. The van der Waals surface area contributed by atoms with Crippen LogP contribution in [0.1, 0.15) is 60.2 Å². The number of aromatic nitrogens is 8. The Bertz CT molecular complexity index is 4230. The number of aryl methyl sites for hydroxylation is 1. The number of nitrogens with one attached hydrogen (secondary N) is 6. The number of halogens is 6. The Labute approximate surface area is 512 Å². The zero-order chi connectivity index (χ0) is 62.9. The van der Waals surface area contributed by atoms with E-state index in [-0.39, 0.29) is 11.1 Å². The van der Waals surface area contributed by atoms with Crippen LogP contribution in [-0.2, 0) is 30.2 Å². The average molecular weight is 1220 g/mol. The van der Waals surface area contributed by atoms with Gasteiger partial charge in [0.15, 0.2) is 0 Å². The van der Waals surface area contributed by atoms with E-state index >= 15 is 0 Å². The first-order valence-corrected chi connectivity index (χ1v) is 28.1. The highest BCUT2D eigenvalue weighted by atomic mass is 19.4. The van der Waals surface area contributed by atoms with E-state index < -0.39 is 41.4 Å². The summed E-state index contributed by atoms with van der Waals surface area (Å²) in [4.78, 5) is 67.4. The summed E-state index contributed by atoms with van der Waals surface area (Å²) in [6.45, 7) is 4.43. The van der Waals surface area contributed by atoms with Gasteiger partial charge >= 0.3 is 12.4 Å². The number of alkyl halides is 6. The molecule has 0 spiro atoms. The second-order valence-corrected chi connectivity index (χ2v) is 21.2. The molecule has 7 heterocycles. The zero-order valence-electron chi connectivity index (χ0n) is 48.4. The van der Waals surface area contributed by atoms with E-state index in [4.69, 9.17) is 9.72 Å². The van der Waals surface area contributed by atoms with Gasteiger partial charge in [-0.05, 0) is 141 Å². The largest absolute Gasteiger partial charge is 0.416 e. The molecule has 2 amide bonds. The summed E-state index contributed by atoms with van der Waals surface area (Å²) in [5, 5.41) is 18.8. The molecule has 1 aliphatic heterocycles. The van der Waals surface area contributed by atoms with Gasteiger partial charge in [0.25, 0.3) is 11.8 Å². The minimum absolute atomic E-state index is 0.147. The Balaban J connectivity index is 0.799. The number of hydrogen-bond acceptors (Lipinski definition) is 17. The molecular weight excluding hydrogens is 1170 g/mol. The van der Waals surface area contributed by atoms with Crippen LogP contribution in [0.25, 0.3) is 22.5 Å². The van der Waals surface area contributed by atoms with Crippen LogP contribution >= 0.6 is 0 Å². The second kappa shape index (κ2) is 26.7. The number of nitrogens with zero attached hydrogens (tertiary/aromatic N) is 10. The first kappa shape index (κ1) is 60.9. The number of hydrogen-bond donors (Lipinski definition) is 6. The van der Waals surface area contributed by atoms with Crippen molar-refractivity contribution in [1.82, 2.24) is 49.7 Å². The van der Waals surface area contributed by atoms with E-state index in [2.05, 4.69) is 71.7 Å². The number of ether oxygens (including phenoxy) is 1. The zero-order valence-corrected chi connectivity index (χ0v) is 48.4. The summed E-state index contributed by atoms with van der Waals surface area (Å²) < 4.78 is 87.8.